The van der Waals surface area contributed by atoms with Gasteiger partial charge in [-0.25, -0.2) is 12.8 Å². The number of phenols is 1. The Morgan fingerprint density at radius 2 is 1.43 bits per heavy atom. The van der Waals surface area contributed by atoms with E-state index in [0.29, 0.717) is 10.8 Å². The van der Waals surface area contributed by atoms with E-state index in [2.05, 4.69) is 0 Å². The minimum atomic E-state index is -3.78. The highest BCUT2D eigenvalue weighted by atomic mass is 32.2. The molecule has 0 saturated carbocycles. The minimum Gasteiger partial charge on any atom is -0.507 e. The van der Waals surface area contributed by atoms with E-state index >= 15 is 0 Å². The summed E-state index contributed by atoms with van der Waals surface area (Å²) < 4.78 is 38.3. The topological polar surface area (TPSA) is 54.4 Å². The zero-order valence-corrected chi connectivity index (χ0v) is 11.6. The van der Waals surface area contributed by atoms with Gasteiger partial charge in [-0.3, -0.25) is 0 Å². The maximum Gasteiger partial charge on any atom is 0.207 e. The predicted molar refractivity (Wildman–Crippen MR) is 77.5 cm³/mol. The minimum absolute atomic E-state index is 0.0137. The number of aromatic hydroxyl groups is 1. The molecule has 0 radical (unpaired) electrons. The Kier molecular flexibility index (Phi) is 3.14. The molecule has 0 unspecified atom stereocenters. The fraction of sp³-hybridized carbons (Fsp3) is 0. The van der Waals surface area contributed by atoms with Crippen LogP contribution in [0.4, 0.5) is 4.39 Å². The summed E-state index contributed by atoms with van der Waals surface area (Å²) in [5.41, 5.74) is 0. The lowest BCUT2D eigenvalue weighted by molar-refractivity contribution is 0.481. The van der Waals surface area contributed by atoms with Crippen LogP contribution in [0, 0.1) is 5.82 Å². The summed E-state index contributed by atoms with van der Waals surface area (Å²) in [6.07, 6.45) is 0. The second-order valence-corrected chi connectivity index (χ2v) is 6.50. The lowest BCUT2D eigenvalue weighted by atomic mass is 10.1. The van der Waals surface area contributed by atoms with Crippen molar-refractivity contribution in [1.29, 1.82) is 0 Å². The normalized spacial score (nSPS) is 11.7. The van der Waals surface area contributed by atoms with Gasteiger partial charge in [-0.05, 0) is 36.4 Å². The van der Waals surface area contributed by atoms with Gasteiger partial charge in [-0.1, -0.05) is 24.3 Å². The maximum atomic E-state index is 13.0. The average molecular weight is 302 g/mol. The van der Waals surface area contributed by atoms with Crippen LogP contribution in [-0.4, -0.2) is 13.5 Å². The van der Waals surface area contributed by atoms with Gasteiger partial charge >= 0.3 is 0 Å². The molecule has 0 spiro atoms. The molecule has 0 atom stereocenters. The van der Waals surface area contributed by atoms with Crippen molar-refractivity contribution in [3.63, 3.8) is 0 Å². The molecule has 3 aromatic carbocycles. The molecule has 1 N–H and O–H groups in total. The first-order chi connectivity index (χ1) is 10.00. The maximum absolute atomic E-state index is 13.0. The monoisotopic (exact) mass is 302 g/mol. The van der Waals surface area contributed by atoms with Crippen LogP contribution in [0.2, 0.25) is 0 Å². The summed E-state index contributed by atoms with van der Waals surface area (Å²) in [5, 5.41) is 10.7. The fourth-order valence-corrected chi connectivity index (χ4v) is 3.71. The first-order valence-corrected chi connectivity index (χ1v) is 7.70. The summed E-state index contributed by atoms with van der Waals surface area (Å²) >= 11 is 0. The Morgan fingerprint density at radius 3 is 2.14 bits per heavy atom. The number of sulfone groups is 1. The molecule has 0 bridgehead atoms. The molecular weight excluding hydrogens is 291 g/mol. The molecule has 3 nitrogen and oxygen atoms in total. The van der Waals surface area contributed by atoms with Gasteiger partial charge in [0, 0.05) is 10.8 Å². The summed E-state index contributed by atoms with van der Waals surface area (Å²) in [6, 6.07) is 14.1. The van der Waals surface area contributed by atoms with Crippen molar-refractivity contribution in [2.24, 2.45) is 0 Å². The van der Waals surface area contributed by atoms with E-state index in [0.717, 1.165) is 12.1 Å². The van der Waals surface area contributed by atoms with E-state index in [1.165, 1.54) is 24.3 Å². The SMILES string of the molecule is O=S(=O)(c1ccc(F)cc1)c1cccc2c(O)cccc12. The van der Waals surface area contributed by atoms with E-state index in [-0.39, 0.29) is 15.5 Å². The van der Waals surface area contributed by atoms with Crippen LogP contribution in [-0.2, 0) is 9.84 Å². The molecular formula is C16H11FO3S. The second kappa shape index (κ2) is 4.86. The van der Waals surface area contributed by atoms with Crippen LogP contribution >= 0.6 is 0 Å². The fourth-order valence-electron chi connectivity index (χ4n) is 2.24. The molecule has 3 aromatic rings. The number of halogens is 1. The van der Waals surface area contributed by atoms with Crippen molar-refractivity contribution < 1.29 is 17.9 Å². The number of hydrogen-bond acceptors (Lipinski definition) is 3. The average Bonchev–Trinajstić information content (AvgIpc) is 2.47. The Morgan fingerprint density at radius 1 is 0.810 bits per heavy atom. The van der Waals surface area contributed by atoms with Crippen molar-refractivity contribution in [3.8, 4) is 5.75 Å². The first kappa shape index (κ1) is 13.6. The van der Waals surface area contributed by atoms with Crippen molar-refractivity contribution in [1.82, 2.24) is 0 Å². The van der Waals surface area contributed by atoms with Gasteiger partial charge < -0.3 is 5.11 Å². The molecule has 5 heteroatoms. The largest absolute Gasteiger partial charge is 0.507 e. The molecule has 3 rings (SSSR count). The van der Waals surface area contributed by atoms with E-state index in [9.17, 15) is 17.9 Å². The van der Waals surface area contributed by atoms with Crippen LogP contribution in [0.15, 0.2) is 70.5 Å². The number of benzene rings is 3. The molecule has 0 aliphatic heterocycles. The van der Waals surface area contributed by atoms with Crippen molar-refractivity contribution >= 4 is 20.6 Å². The highest BCUT2D eigenvalue weighted by Crippen LogP contribution is 2.32. The van der Waals surface area contributed by atoms with Gasteiger partial charge in [0.15, 0.2) is 0 Å². The number of rotatable bonds is 2. The quantitative estimate of drug-likeness (QED) is 0.737. The molecule has 0 aliphatic carbocycles. The van der Waals surface area contributed by atoms with Gasteiger partial charge in [-0.2, -0.15) is 0 Å². The molecule has 0 aromatic heterocycles. The molecule has 0 amide bonds. The third kappa shape index (κ3) is 2.25. The number of hydrogen-bond donors (Lipinski definition) is 1. The van der Waals surface area contributed by atoms with Gasteiger partial charge in [-0.15, -0.1) is 0 Å². The summed E-state index contributed by atoms with van der Waals surface area (Å²) in [5.74, 6) is -0.479. The lowest BCUT2D eigenvalue weighted by Gasteiger charge is -2.09. The molecule has 0 heterocycles. The summed E-state index contributed by atoms with van der Waals surface area (Å²) in [4.78, 5) is 0.0993. The van der Waals surface area contributed by atoms with Gasteiger partial charge in [0.05, 0.1) is 9.79 Å². The Balaban J connectivity index is 2.29. The molecule has 106 valence electrons. The third-order valence-electron chi connectivity index (χ3n) is 3.27. The van der Waals surface area contributed by atoms with Gasteiger partial charge in [0.25, 0.3) is 0 Å². The molecule has 0 saturated heterocycles. The van der Waals surface area contributed by atoms with Crippen molar-refractivity contribution in [2.75, 3.05) is 0 Å². The second-order valence-electron chi connectivity index (χ2n) is 4.59. The number of fused-ring (bicyclic) bond motifs is 1. The zero-order chi connectivity index (χ0) is 15.0. The highest BCUT2D eigenvalue weighted by molar-refractivity contribution is 7.91. The first-order valence-electron chi connectivity index (χ1n) is 6.21. The molecule has 0 aliphatic rings. The summed E-state index contributed by atoms with van der Waals surface area (Å²) in [6.45, 7) is 0. The van der Waals surface area contributed by atoms with Crippen molar-refractivity contribution in [3.05, 3.63) is 66.5 Å². The van der Waals surface area contributed by atoms with Crippen LogP contribution in [0.25, 0.3) is 10.8 Å². The molecule has 21 heavy (non-hydrogen) atoms. The lowest BCUT2D eigenvalue weighted by Crippen LogP contribution is -2.02. The smallest absolute Gasteiger partial charge is 0.207 e. The summed E-state index contributed by atoms with van der Waals surface area (Å²) in [7, 11) is -3.78. The van der Waals surface area contributed by atoms with E-state index in [1.807, 2.05) is 0 Å². The Hall–Kier alpha value is -2.40. The van der Waals surface area contributed by atoms with E-state index < -0.39 is 15.7 Å². The number of phenolic OH excluding ortho intramolecular Hbond substituents is 1. The Bertz CT molecular complexity index is 916. The third-order valence-corrected chi connectivity index (χ3v) is 5.10. The zero-order valence-electron chi connectivity index (χ0n) is 10.8. The van der Waals surface area contributed by atoms with Gasteiger partial charge in [0.2, 0.25) is 9.84 Å². The van der Waals surface area contributed by atoms with Crippen molar-refractivity contribution in [2.45, 2.75) is 9.79 Å². The standard InChI is InChI=1S/C16H11FO3S/c17-11-7-9-12(10-8-11)21(19,20)16-6-2-3-13-14(16)4-1-5-15(13)18/h1-10,18H. The highest BCUT2D eigenvalue weighted by Gasteiger charge is 2.20. The molecule has 0 fully saturated rings. The van der Waals surface area contributed by atoms with Crippen LogP contribution in [0.5, 0.6) is 5.75 Å². The van der Waals surface area contributed by atoms with Crippen LogP contribution in [0.3, 0.4) is 0 Å². The Labute approximate surface area is 121 Å². The van der Waals surface area contributed by atoms with E-state index in [4.69, 9.17) is 0 Å². The predicted octanol–water partition coefficient (Wildman–Crippen LogP) is 3.52. The van der Waals surface area contributed by atoms with E-state index in [1.54, 1.807) is 24.3 Å². The van der Waals surface area contributed by atoms with Crippen LogP contribution in [0.1, 0.15) is 0 Å². The van der Waals surface area contributed by atoms with Crippen LogP contribution < -0.4 is 0 Å². The van der Waals surface area contributed by atoms with Gasteiger partial charge in [0.1, 0.15) is 11.6 Å².